The molecule has 1 aromatic carbocycles. The number of nitrogens with two attached hydrogens (primary N) is 1. The van der Waals surface area contributed by atoms with Gasteiger partial charge in [-0.3, -0.25) is 4.79 Å². The monoisotopic (exact) mass is 308 g/mol. The Morgan fingerprint density at radius 2 is 2.05 bits per heavy atom. The van der Waals surface area contributed by atoms with Gasteiger partial charge in [0.05, 0.1) is 5.75 Å². The Kier molecular flexibility index (Phi) is 5.86. The first-order chi connectivity index (χ1) is 9.66. The Bertz CT molecular complexity index is 485. The number of piperidine rings is 1. The fourth-order valence-corrected chi connectivity index (χ4v) is 3.31. The van der Waals surface area contributed by atoms with Gasteiger partial charge < -0.3 is 10.6 Å². The highest BCUT2D eigenvalue weighted by atomic mass is 32.2. The van der Waals surface area contributed by atoms with Gasteiger partial charge in [-0.15, -0.1) is 11.8 Å². The molecule has 2 N–H and O–H groups in total. The summed E-state index contributed by atoms with van der Waals surface area (Å²) in [7, 11) is 0. The summed E-state index contributed by atoms with van der Waals surface area (Å²) in [6.45, 7) is 1.85. The number of carbonyl (C=O) groups is 1. The number of thiocarbonyl (C=S) groups is 1. The summed E-state index contributed by atoms with van der Waals surface area (Å²) >= 11 is 6.62. The van der Waals surface area contributed by atoms with Gasteiger partial charge in [0, 0.05) is 24.4 Å². The van der Waals surface area contributed by atoms with Crippen LogP contribution in [0.15, 0.2) is 24.3 Å². The maximum atomic E-state index is 12.0. The fraction of sp³-hybridized carbons (Fsp3) is 0.467. The van der Waals surface area contributed by atoms with Gasteiger partial charge in [-0.1, -0.05) is 30.4 Å². The van der Waals surface area contributed by atoms with Crippen molar-refractivity contribution >= 4 is 34.9 Å². The number of rotatable bonds is 5. The summed E-state index contributed by atoms with van der Waals surface area (Å²) < 4.78 is 0. The summed E-state index contributed by atoms with van der Waals surface area (Å²) in [6, 6.07) is 7.91. The maximum absolute atomic E-state index is 12.0. The third kappa shape index (κ3) is 4.49. The van der Waals surface area contributed by atoms with E-state index in [0.717, 1.165) is 42.8 Å². The van der Waals surface area contributed by atoms with Crippen LogP contribution in [0.3, 0.4) is 0 Å². The third-order valence-corrected chi connectivity index (χ3v) is 4.64. The predicted molar refractivity (Wildman–Crippen MR) is 88.9 cm³/mol. The van der Waals surface area contributed by atoms with Crippen LogP contribution < -0.4 is 5.73 Å². The number of carbonyl (C=O) groups excluding carboxylic acids is 1. The number of benzene rings is 1. The van der Waals surface area contributed by atoms with Crippen molar-refractivity contribution in [3.05, 3.63) is 35.4 Å². The molecule has 1 amide bonds. The van der Waals surface area contributed by atoms with Crippen LogP contribution in [0.1, 0.15) is 30.4 Å². The molecule has 1 fully saturated rings. The molecule has 1 aliphatic rings. The normalized spacial score (nSPS) is 15.1. The Balaban J connectivity index is 1.79. The number of likely N-dealkylation sites (tertiary alicyclic amines) is 1. The third-order valence-electron chi connectivity index (χ3n) is 3.41. The van der Waals surface area contributed by atoms with Gasteiger partial charge in [0.1, 0.15) is 4.99 Å². The molecule has 0 spiro atoms. The molecule has 0 radical (unpaired) electrons. The van der Waals surface area contributed by atoms with Crippen molar-refractivity contribution in [3.63, 3.8) is 0 Å². The van der Waals surface area contributed by atoms with Crippen LogP contribution >= 0.6 is 24.0 Å². The van der Waals surface area contributed by atoms with Crippen LogP contribution in [0, 0.1) is 0 Å². The second-order valence-electron chi connectivity index (χ2n) is 5.00. The van der Waals surface area contributed by atoms with Crippen LogP contribution in [-0.2, 0) is 10.5 Å². The largest absolute Gasteiger partial charge is 0.389 e. The van der Waals surface area contributed by atoms with E-state index in [9.17, 15) is 4.79 Å². The van der Waals surface area contributed by atoms with Gasteiger partial charge in [-0.2, -0.15) is 0 Å². The van der Waals surface area contributed by atoms with Crippen LogP contribution in [-0.4, -0.2) is 34.6 Å². The molecule has 1 aromatic rings. The second kappa shape index (κ2) is 7.64. The van der Waals surface area contributed by atoms with Gasteiger partial charge in [0.2, 0.25) is 5.91 Å². The van der Waals surface area contributed by atoms with Crippen molar-refractivity contribution in [3.8, 4) is 0 Å². The average molecular weight is 308 g/mol. The van der Waals surface area contributed by atoms with Crippen LogP contribution in [0.25, 0.3) is 0 Å². The van der Waals surface area contributed by atoms with Crippen LogP contribution in [0.2, 0.25) is 0 Å². The number of nitrogens with zero attached hydrogens (tertiary/aromatic N) is 1. The molecule has 0 atom stereocenters. The summed E-state index contributed by atoms with van der Waals surface area (Å²) in [6.07, 6.45) is 3.54. The van der Waals surface area contributed by atoms with E-state index >= 15 is 0 Å². The smallest absolute Gasteiger partial charge is 0.232 e. The molecular formula is C15H20N2OS2. The molecule has 108 valence electrons. The van der Waals surface area contributed by atoms with Crippen LogP contribution in [0.4, 0.5) is 0 Å². The molecule has 2 rings (SSSR count). The zero-order chi connectivity index (χ0) is 14.4. The first-order valence-corrected chi connectivity index (χ1v) is 8.47. The van der Waals surface area contributed by atoms with E-state index < -0.39 is 0 Å². The molecule has 3 nitrogen and oxygen atoms in total. The van der Waals surface area contributed by atoms with Gasteiger partial charge in [0.25, 0.3) is 0 Å². The summed E-state index contributed by atoms with van der Waals surface area (Å²) in [5.41, 5.74) is 7.67. The van der Waals surface area contributed by atoms with E-state index in [1.54, 1.807) is 11.8 Å². The van der Waals surface area contributed by atoms with E-state index in [1.165, 1.54) is 6.42 Å². The highest BCUT2D eigenvalue weighted by molar-refractivity contribution is 7.99. The Labute approximate surface area is 129 Å². The first kappa shape index (κ1) is 15.3. The number of hydrogen-bond donors (Lipinski definition) is 1. The van der Waals surface area contributed by atoms with Gasteiger partial charge >= 0.3 is 0 Å². The minimum absolute atomic E-state index is 0.264. The maximum Gasteiger partial charge on any atom is 0.232 e. The summed E-state index contributed by atoms with van der Waals surface area (Å²) in [5, 5.41) is 0. The van der Waals surface area contributed by atoms with E-state index in [1.807, 2.05) is 29.2 Å². The molecular weight excluding hydrogens is 288 g/mol. The van der Waals surface area contributed by atoms with E-state index in [-0.39, 0.29) is 5.91 Å². The molecule has 0 aliphatic carbocycles. The molecule has 0 saturated carbocycles. The molecule has 1 saturated heterocycles. The van der Waals surface area contributed by atoms with Gasteiger partial charge in [-0.05, 0) is 30.9 Å². The summed E-state index contributed by atoms with van der Waals surface area (Å²) in [5.74, 6) is 1.63. The number of hydrogen-bond acceptors (Lipinski definition) is 3. The Hall–Kier alpha value is -1.07. The lowest BCUT2D eigenvalue weighted by molar-refractivity contribution is -0.129. The minimum Gasteiger partial charge on any atom is -0.389 e. The van der Waals surface area contributed by atoms with E-state index in [4.69, 9.17) is 18.0 Å². The average Bonchev–Trinajstić information content (AvgIpc) is 2.48. The molecule has 5 heteroatoms. The van der Waals surface area contributed by atoms with Crippen molar-refractivity contribution in [2.24, 2.45) is 5.73 Å². The molecule has 0 aromatic heterocycles. The van der Waals surface area contributed by atoms with E-state index in [0.29, 0.717) is 10.7 Å². The van der Waals surface area contributed by atoms with E-state index in [2.05, 4.69) is 0 Å². The van der Waals surface area contributed by atoms with Crippen LogP contribution in [0.5, 0.6) is 0 Å². The number of thioether (sulfide) groups is 1. The standard InChI is InChI=1S/C15H20N2OS2/c16-15(19)13-6-4-5-12(9-13)10-20-11-14(18)17-7-2-1-3-8-17/h4-6,9H,1-3,7-8,10-11H2,(H2,16,19). The molecule has 1 heterocycles. The van der Waals surface area contributed by atoms with Crippen molar-refractivity contribution in [1.29, 1.82) is 0 Å². The topological polar surface area (TPSA) is 46.3 Å². The first-order valence-electron chi connectivity index (χ1n) is 6.91. The number of amides is 1. The Morgan fingerprint density at radius 1 is 1.30 bits per heavy atom. The molecule has 1 aliphatic heterocycles. The van der Waals surface area contributed by atoms with Gasteiger partial charge in [0.15, 0.2) is 0 Å². The predicted octanol–water partition coefficient (Wildman–Crippen LogP) is 2.57. The Morgan fingerprint density at radius 3 is 2.75 bits per heavy atom. The highest BCUT2D eigenvalue weighted by Gasteiger charge is 2.15. The quantitative estimate of drug-likeness (QED) is 0.849. The second-order valence-corrected chi connectivity index (χ2v) is 6.42. The highest BCUT2D eigenvalue weighted by Crippen LogP contribution is 2.16. The molecule has 20 heavy (non-hydrogen) atoms. The van der Waals surface area contributed by atoms with Crippen molar-refractivity contribution in [1.82, 2.24) is 4.90 Å². The lowest BCUT2D eigenvalue weighted by Gasteiger charge is -2.26. The molecule has 0 bridgehead atoms. The zero-order valence-corrected chi connectivity index (χ0v) is 13.1. The fourth-order valence-electron chi connectivity index (χ4n) is 2.31. The van der Waals surface area contributed by atoms with Crippen molar-refractivity contribution in [2.45, 2.75) is 25.0 Å². The van der Waals surface area contributed by atoms with Crippen molar-refractivity contribution in [2.75, 3.05) is 18.8 Å². The molecule has 0 unspecified atom stereocenters. The van der Waals surface area contributed by atoms with Crippen molar-refractivity contribution < 1.29 is 4.79 Å². The van der Waals surface area contributed by atoms with Gasteiger partial charge in [-0.25, -0.2) is 0 Å². The minimum atomic E-state index is 0.264. The summed E-state index contributed by atoms with van der Waals surface area (Å²) in [4.78, 5) is 14.4. The lowest BCUT2D eigenvalue weighted by Crippen LogP contribution is -2.36. The lowest BCUT2D eigenvalue weighted by atomic mass is 10.1. The SMILES string of the molecule is NC(=S)c1cccc(CSCC(=O)N2CCCCC2)c1. The zero-order valence-electron chi connectivity index (χ0n) is 11.5.